The minimum Gasteiger partial charge on any atom is -0.451 e. The molecule has 1 heterocycles. The lowest BCUT2D eigenvalue weighted by Gasteiger charge is -2.25. The molecule has 0 amide bonds. The summed E-state index contributed by atoms with van der Waals surface area (Å²) in [7, 11) is 3.15. The molecule has 80 valence electrons. The van der Waals surface area contributed by atoms with Crippen LogP contribution in [0.5, 0.6) is 0 Å². The van der Waals surface area contributed by atoms with Crippen LogP contribution in [0, 0.1) is 0 Å². The highest BCUT2D eigenvalue weighted by Gasteiger charge is 2.41. The van der Waals surface area contributed by atoms with Crippen LogP contribution in [0.3, 0.4) is 0 Å². The van der Waals surface area contributed by atoms with Crippen LogP contribution in [0.15, 0.2) is 24.9 Å². The third-order valence-corrected chi connectivity index (χ3v) is 2.25. The van der Waals surface area contributed by atoms with Crippen molar-refractivity contribution in [3.05, 3.63) is 24.9 Å². The Morgan fingerprint density at radius 1 is 1.36 bits per heavy atom. The molecule has 0 radical (unpaired) electrons. The summed E-state index contributed by atoms with van der Waals surface area (Å²) in [6.45, 7) is 9.19. The molecule has 1 atom stereocenters. The lowest BCUT2D eigenvalue weighted by atomic mass is 10.0. The summed E-state index contributed by atoms with van der Waals surface area (Å²) < 4.78 is 20.7. The number of hydrogen-bond donors (Lipinski definition) is 0. The van der Waals surface area contributed by atoms with Gasteiger partial charge in [0.25, 0.3) is 5.95 Å². The molecule has 0 aromatic rings. The fourth-order valence-electron chi connectivity index (χ4n) is 1.31. The van der Waals surface area contributed by atoms with Crippen LogP contribution in [-0.2, 0) is 18.9 Å². The largest absolute Gasteiger partial charge is 0.451 e. The molecule has 1 saturated heterocycles. The Bertz CT molecular complexity index is 245. The molecule has 0 aromatic heterocycles. The van der Waals surface area contributed by atoms with Gasteiger partial charge in [0, 0.05) is 20.6 Å². The van der Waals surface area contributed by atoms with Crippen molar-refractivity contribution in [3.63, 3.8) is 0 Å². The predicted molar refractivity (Wildman–Crippen MR) is 51.3 cm³/mol. The van der Waals surface area contributed by atoms with E-state index in [0.717, 1.165) is 0 Å². The third-order valence-electron chi connectivity index (χ3n) is 2.25. The van der Waals surface area contributed by atoms with E-state index in [-0.39, 0.29) is 12.2 Å². The van der Waals surface area contributed by atoms with Crippen LogP contribution in [0.2, 0.25) is 0 Å². The van der Waals surface area contributed by atoms with Crippen molar-refractivity contribution in [2.45, 2.75) is 25.2 Å². The number of methoxy groups -OCH3 is 2. The van der Waals surface area contributed by atoms with Gasteiger partial charge in [-0.2, -0.15) is 0 Å². The van der Waals surface area contributed by atoms with Crippen molar-refractivity contribution in [2.75, 3.05) is 14.2 Å². The van der Waals surface area contributed by atoms with E-state index in [2.05, 4.69) is 13.2 Å². The molecular weight excluding hydrogens is 184 g/mol. The van der Waals surface area contributed by atoms with E-state index < -0.39 is 5.60 Å². The average Bonchev–Trinajstić information content (AvgIpc) is 2.37. The van der Waals surface area contributed by atoms with Crippen molar-refractivity contribution >= 4 is 0 Å². The molecule has 1 unspecified atom stereocenters. The highest BCUT2D eigenvalue weighted by atomic mass is 16.7. The number of rotatable bonds is 4. The first kappa shape index (κ1) is 11.1. The Kier molecular flexibility index (Phi) is 3.18. The minimum absolute atomic E-state index is 0.267. The zero-order chi connectivity index (χ0) is 10.8. The quantitative estimate of drug-likeness (QED) is 0.648. The molecule has 14 heavy (non-hydrogen) atoms. The topological polar surface area (TPSA) is 36.9 Å². The second-order valence-electron chi connectivity index (χ2n) is 3.34. The number of hydrogen-bond acceptors (Lipinski definition) is 4. The van der Waals surface area contributed by atoms with Gasteiger partial charge in [-0.05, 0) is 13.5 Å². The zero-order valence-corrected chi connectivity index (χ0v) is 8.83. The van der Waals surface area contributed by atoms with Gasteiger partial charge in [0.15, 0.2) is 11.9 Å². The second-order valence-corrected chi connectivity index (χ2v) is 3.34. The first-order chi connectivity index (χ1) is 6.51. The normalized spacial score (nSPS) is 26.6. The molecule has 0 aromatic carbocycles. The Balaban J connectivity index is 2.66. The molecular formula is C10H16O4. The fraction of sp³-hybridized carbons (Fsp3) is 0.600. The lowest BCUT2D eigenvalue weighted by molar-refractivity contribution is -0.132. The van der Waals surface area contributed by atoms with Crippen molar-refractivity contribution in [1.82, 2.24) is 0 Å². The monoisotopic (exact) mass is 200 g/mol. The van der Waals surface area contributed by atoms with Crippen LogP contribution in [0.1, 0.15) is 13.3 Å². The molecule has 1 aliphatic heterocycles. The van der Waals surface area contributed by atoms with Gasteiger partial charge in [-0.1, -0.05) is 6.58 Å². The lowest BCUT2D eigenvalue weighted by Crippen LogP contribution is -2.32. The van der Waals surface area contributed by atoms with E-state index in [1.807, 2.05) is 6.92 Å². The Morgan fingerprint density at radius 2 is 1.93 bits per heavy atom. The van der Waals surface area contributed by atoms with Gasteiger partial charge in [-0.3, -0.25) is 0 Å². The standard InChI is InChI=1S/C10H16O4/c1-7-10(3,14-8(2)13-7)6-9(11-4)12-5/h9H,1-2,6H2,3-5H3. The van der Waals surface area contributed by atoms with Crippen LogP contribution in [-0.4, -0.2) is 26.1 Å². The zero-order valence-electron chi connectivity index (χ0n) is 8.83. The molecule has 0 N–H and O–H groups in total. The van der Waals surface area contributed by atoms with Crippen LogP contribution in [0.25, 0.3) is 0 Å². The molecule has 1 fully saturated rings. The van der Waals surface area contributed by atoms with Gasteiger partial charge >= 0.3 is 0 Å². The second kappa shape index (κ2) is 4.02. The minimum atomic E-state index is -0.617. The molecule has 0 spiro atoms. The van der Waals surface area contributed by atoms with Crippen molar-refractivity contribution in [1.29, 1.82) is 0 Å². The first-order valence-electron chi connectivity index (χ1n) is 4.32. The van der Waals surface area contributed by atoms with E-state index >= 15 is 0 Å². The maximum absolute atomic E-state index is 5.42. The molecule has 4 heteroatoms. The smallest absolute Gasteiger partial charge is 0.277 e. The SMILES string of the molecule is C=C1OC(=C)C(C)(CC(OC)OC)O1. The van der Waals surface area contributed by atoms with Crippen molar-refractivity contribution in [2.24, 2.45) is 0 Å². The van der Waals surface area contributed by atoms with Crippen LogP contribution in [0.4, 0.5) is 0 Å². The van der Waals surface area contributed by atoms with E-state index in [4.69, 9.17) is 18.9 Å². The van der Waals surface area contributed by atoms with Crippen LogP contribution >= 0.6 is 0 Å². The third kappa shape index (κ3) is 2.08. The summed E-state index contributed by atoms with van der Waals surface area (Å²) in [5.74, 6) is 0.796. The Hall–Kier alpha value is -1.00. The van der Waals surface area contributed by atoms with E-state index in [9.17, 15) is 0 Å². The summed E-state index contributed by atoms with van der Waals surface area (Å²) in [6, 6.07) is 0. The Labute approximate surface area is 84.1 Å². The van der Waals surface area contributed by atoms with Gasteiger partial charge in [0.2, 0.25) is 0 Å². The Morgan fingerprint density at radius 3 is 2.29 bits per heavy atom. The number of ether oxygens (including phenoxy) is 4. The van der Waals surface area contributed by atoms with Gasteiger partial charge < -0.3 is 18.9 Å². The highest BCUT2D eigenvalue weighted by molar-refractivity contribution is 5.12. The van der Waals surface area contributed by atoms with E-state index in [1.165, 1.54) is 0 Å². The molecule has 4 nitrogen and oxygen atoms in total. The first-order valence-corrected chi connectivity index (χ1v) is 4.32. The fourth-order valence-corrected chi connectivity index (χ4v) is 1.31. The molecule has 1 aliphatic rings. The summed E-state index contributed by atoms with van der Waals surface area (Å²) in [5, 5.41) is 0. The summed E-state index contributed by atoms with van der Waals surface area (Å²) in [6.07, 6.45) is 0.170. The van der Waals surface area contributed by atoms with Crippen LogP contribution < -0.4 is 0 Å². The highest BCUT2D eigenvalue weighted by Crippen LogP contribution is 2.37. The summed E-state index contributed by atoms with van der Waals surface area (Å²) >= 11 is 0. The molecule has 0 aliphatic carbocycles. The molecule has 0 bridgehead atoms. The van der Waals surface area contributed by atoms with Gasteiger partial charge in [0.05, 0.1) is 0 Å². The molecule has 0 saturated carbocycles. The van der Waals surface area contributed by atoms with Gasteiger partial charge in [-0.15, -0.1) is 0 Å². The van der Waals surface area contributed by atoms with Gasteiger partial charge in [-0.25, -0.2) is 0 Å². The van der Waals surface area contributed by atoms with E-state index in [1.54, 1.807) is 14.2 Å². The average molecular weight is 200 g/mol. The maximum atomic E-state index is 5.42. The van der Waals surface area contributed by atoms with E-state index in [0.29, 0.717) is 12.2 Å². The predicted octanol–water partition coefficient (Wildman–Crippen LogP) is 1.79. The van der Waals surface area contributed by atoms with Gasteiger partial charge in [0.1, 0.15) is 5.76 Å². The molecule has 1 rings (SSSR count). The van der Waals surface area contributed by atoms with Crippen molar-refractivity contribution < 1.29 is 18.9 Å². The summed E-state index contributed by atoms with van der Waals surface area (Å²) in [5.41, 5.74) is -0.617. The maximum Gasteiger partial charge on any atom is 0.277 e. The van der Waals surface area contributed by atoms with Crippen molar-refractivity contribution in [3.8, 4) is 0 Å². The summed E-state index contributed by atoms with van der Waals surface area (Å²) in [4.78, 5) is 0.